The molecule has 0 saturated heterocycles. The molecule has 1 aromatic heterocycles. The maximum atomic E-state index is 10.3. The van der Waals surface area contributed by atoms with Crippen LogP contribution in [0.3, 0.4) is 0 Å². The predicted octanol–water partition coefficient (Wildman–Crippen LogP) is 0.0722. The minimum absolute atomic E-state index is 0.347. The molecule has 1 radical (unpaired) electrons. The van der Waals surface area contributed by atoms with E-state index in [1.807, 2.05) is 4.57 Å². The first-order chi connectivity index (χ1) is 5.42. The molecule has 4 nitrogen and oxygen atoms in total. The molecule has 0 amide bonds. The number of carbonyl (C=O) groups excluding carboxylic acids is 1. The first-order valence-corrected chi connectivity index (χ1v) is 3.72. The molecule has 0 fully saturated rings. The van der Waals surface area contributed by atoms with E-state index in [-0.39, 0.29) is 0 Å². The van der Waals surface area contributed by atoms with Gasteiger partial charge in [-0.05, 0) is 12.8 Å². The molecule has 0 aliphatic carbocycles. The monoisotopic (exact) mass is 150 g/mol. The van der Waals surface area contributed by atoms with Gasteiger partial charge >= 0.3 is 0 Å². The standard InChI is InChI=1S/C7H8N3O/c11-5-7-9-8-6-3-1-2-4-10(6)7/h1-4H2. The highest BCUT2D eigenvalue weighted by Gasteiger charge is 2.14. The number of nitrogens with zero attached hydrogens (tertiary/aromatic N) is 3. The van der Waals surface area contributed by atoms with Gasteiger partial charge in [0.1, 0.15) is 5.82 Å². The van der Waals surface area contributed by atoms with Crippen LogP contribution in [0.1, 0.15) is 24.5 Å². The zero-order valence-corrected chi connectivity index (χ0v) is 6.08. The Morgan fingerprint density at radius 2 is 2.27 bits per heavy atom. The third-order valence-corrected chi connectivity index (χ3v) is 1.95. The van der Waals surface area contributed by atoms with E-state index in [4.69, 9.17) is 0 Å². The molecular formula is C7H8N3O. The normalized spacial score (nSPS) is 16.0. The van der Waals surface area contributed by atoms with Crippen LogP contribution in [0, 0.1) is 0 Å². The summed E-state index contributed by atoms with van der Waals surface area (Å²) in [7, 11) is 0. The van der Waals surface area contributed by atoms with Gasteiger partial charge in [0.05, 0.1) is 0 Å². The van der Waals surface area contributed by atoms with Crippen molar-refractivity contribution in [3.05, 3.63) is 11.6 Å². The van der Waals surface area contributed by atoms with Crippen LogP contribution in [0.15, 0.2) is 0 Å². The molecule has 1 aliphatic rings. The third kappa shape index (κ3) is 0.943. The molecule has 57 valence electrons. The lowest BCUT2D eigenvalue weighted by atomic mass is 10.2. The molecular weight excluding hydrogens is 142 g/mol. The molecule has 1 aromatic rings. The van der Waals surface area contributed by atoms with E-state index in [1.165, 1.54) is 0 Å². The second kappa shape index (κ2) is 2.45. The van der Waals surface area contributed by atoms with Crippen molar-refractivity contribution in [1.29, 1.82) is 0 Å². The smallest absolute Gasteiger partial charge is 0.274 e. The van der Waals surface area contributed by atoms with Gasteiger partial charge in [-0.3, -0.25) is 4.79 Å². The fourth-order valence-electron chi connectivity index (χ4n) is 1.38. The zero-order valence-electron chi connectivity index (χ0n) is 6.08. The zero-order chi connectivity index (χ0) is 7.68. The third-order valence-electron chi connectivity index (χ3n) is 1.95. The van der Waals surface area contributed by atoms with Crippen molar-refractivity contribution in [2.75, 3.05) is 0 Å². The summed E-state index contributed by atoms with van der Waals surface area (Å²) in [5.41, 5.74) is 0. The largest absolute Gasteiger partial charge is 0.308 e. The minimum Gasteiger partial charge on any atom is -0.308 e. The topological polar surface area (TPSA) is 47.8 Å². The lowest BCUT2D eigenvalue weighted by molar-refractivity contribution is 0.511. The van der Waals surface area contributed by atoms with Crippen LogP contribution in [0.5, 0.6) is 0 Å². The van der Waals surface area contributed by atoms with Gasteiger partial charge in [0.15, 0.2) is 0 Å². The van der Waals surface area contributed by atoms with Gasteiger partial charge in [-0.15, -0.1) is 10.2 Å². The number of fused-ring (bicyclic) bond motifs is 1. The number of aromatic nitrogens is 3. The van der Waals surface area contributed by atoms with Crippen LogP contribution in [0.2, 0.25) is 0 Å². The Hall–Kier alpha value is -1.19. The van der Waals surface area contributed by atoms with E-state index in [2.05, 4.69) is 10.2 Å². The number of aryl methyl sites for hydroxylation is 1. The first-order valence-electron chi connectivity index (χ1n) is 3.72. The van der Waals surface area contributed by atoms with Crippen LogP contribution in [-0.4, -0.2) is 21.1 Å². The first kappa shape index (κ1) is 6.52. The number of hydrogen-bond donors (Lipinski definition) is 0. The summed E-state index contributed by atoms with van der Waals surface area (Å²) in [5.74, 6) is 1.27. The van der Waals surface area contributed by atoms with Gasteiger partial charge in [0.2, 0.25) is 5.82 Å². The highest BCUT2D eigenvalue weighted by atomic mass is 16.1. The Morgan fingerprint density at radius 1 is 1.36 bits per heavy atom. The molecule has 0 spiro atoms. The summed E-state index contributed by atoms with van der Waals surface area (Å²) in [4.78, 5) is 10.3. The van der Waals surface area contributed by atoms with Gasteiger partial charge in [-0.2, -0.15) is 0 Å². The predicted molar refractivity (Wildman–Crippen MR) is 37.8 cm³/mol. The summed E-state index contributed by atoms with van der Waals surface area (Å²) in [5, 5.41) is 7.58. The van der Waals surface area contributed by atoms with Crippen molar-refractivity contribution in [2.45, 2.75) is 25.8 Å². The van der Waals surface area contributed by atoms with E-state index in [9.17, 15) is 4.79 Å². The van der Waals surface area contributed by atoms with Crippen molar-refractivity contribution in [2.24, 2.45) is 0 Å². The summed E-state index contributed by atoms with van der Waals surface area (Å²) >= 11 is 0. The van der Waals surface area contributed by atoms with Crippen LogP contribution in [0.25, 0.3) is 0 Å². The van der Waals surface area contributed by atoms with Crippen LogP contribution in [-0.2, 0) is 17.8 Å². The lowest BCUT2D eigenvalue weighted by Crippen LogP contribution is -2.12. The summed E-state index contributed by atoms with van der Waals surface area (Å²) < 4.78 is 1.84. The van der Waals surface area contributed by atoms with Crippen LogP contribution >= 0.6 is 0 Å². The molecule has 0 aromatic carbocycles. The molecule has 4 heteroatoms. The Balaban J connectivity index is 2.45. The minimum atomic E-state index is 0.347. The molecule has 1 aliphatic heterocycles. The van der Waals surface area contributed by atoms with Crippen molar-refractivity contribution in [3.63, 3.8) is 0 Å². The Labute approximate surface area is 64.2 Å². The van der Waals surface area contributed by atoms with Crippen molar-refractivity contribution >= 4 is 6.29 Å². The fourth-order valence-corrected chi connectivity index (χ4v) is 1.38. The van der Waals surface area contributed by atoms with Crippen molar-refractivity contribution in [3.8, 4) is 0 Å². The molecule has 0 unspecified atom stereocenters. The summed E-state index contributed by atoms with van der Waals surface area (Å²) in [6.07, 6.45) is 4.97. The summed E-state index contributed by atoms with van der Waals surface area (Å²) in [6, 6.07) is 0. The van der Waals surface area contributed by atoms with Gasteiger partial charge in [0, 0.05) is 13.0 Å². The average Bonchev–Trinajstić information content (AvgIpc) is 2.47. The van der Waals surface area contributed by atoms with Gasteiger partial charge in [-0.1, -0.05) is 0 Å². The van der Waals surface area contributed by atoms with Crippen molar-refractivity contribution in [1.82, 2.24) is 14.8 Å². The molecule has 0 saturated carbocycles. The SMILES string of the molecule is O=[C]c1nnc2n1CCCC2. The molecule has 2 rings (SSSR count). The van der Waals surface area contributed by atoms with Gasteiger partial charge in [0.25, 0.3) is 6.29 Å². The quantitative estimate of drug-likeness (QED) is 0.569. The Kier molecular flexibility index (Phi) is 1.45. The molecule has 2 heterocycles. The van der Waals surface area contributed by atoms with E-state index in [0.29, 0.717) is 5.82 Å². The number of hydrogen-bond acceptors (Lipinski definition) is 3. The highest BCUT2D eigenvalue weighted by molar-refractivity contribution is 5.69. The Bertz CT molecular complexity index is 279. The molecule has 0 atom stereocenters. The van der Waals surface area contributed by atoms with Crippen molar-refractivity contribution < 1.29 is 4.79 Å². The van der Waals surface area contributed by atoms with E-state index in [1.54, 1.807) is 6.29 Å². The molecule has 0 bridgehead atoms. The van der Waals surface area contributed by atoms with E-state index < -0.39 is 0 Å². The molecule has 11 heavy (non-hydrogen) atoms. The molecule has 0 N–H and O–H groups in total. The maximum Gasteiger partial charge on any atom is 0.274 e. The van der Waals surface area contributed by atoms with E-state index >= 15 is 0 Å². The number of rotatable bonds is 1. The lowest BCUT2D eigenvalue weighted by Gasteiger charge is -2.11. The summed E-state index contributed by atoms with van der Waals surface area (Å²) in [6.45, 7) is 0.868. The second-order valence-electron chi connectivity index (χ2n) is 2.65. The van der Waals surface area contributed by atoms with Gasteiger partial charge in [-0.25, -0.2) is 0 Å². The van der Waals surface area contributed by atoms with Crippen LogP contribution in [0.4, 0.5) is 0 Å². The highest BCUT2D eigenvalue weighted by Crippen LogP contribution is 2.12. The maximum absolute atomic E-state index is 10.3. The van der Waals surface area contributed by atoms with Gasteiger partial charge < -0.3 is 4.57 Å². The Morgan fingerprint density at radius 3 is 3.09 bits per heavy atom. The van der Waals surface area contributed by atoms with Crippen LogP contribution < -0.4 is 0 Å². The fraction of sp³-hybridized carbons (Fsp3) is 0.571. The average molecular weight is 150 g/mol. The second-order valence-corrected chi connectivity index (χ2v) is 2.65. The van der Waals surface area contributed by atoms with E-state index in [0.717, 1.165) is 31.6 Å².